The molecule has 11 heavy (non-hydrogen) atoms. The van der Waals surface area contributed by atoms with Crippen LogP contribution >= 0.6 is 9.39 Å². The molecule has 3 unspecified atom stereocenters. The second kappa shape index (κ2) is 3.48. The SMILES string of the molecule is CN1CC(NP)CC1C(=O)O. The lowest BCUT2D eigenvalue weighted by atomic mass is 10.2. The minimum absolute atomic E-state index is 0.297. The van der Waals surface area contributed by atoms with Gasteiger partial charge in [0.2, 0.25) is 0 Å². The summed E-state index contributed by atoms with van der Waals surface area (Å²) in [5, 5.41) is 11.7. The van der Waals surface area contributed by atoms with E-state index in [0.29, 0.717) is 12.5 Å². The maximum absolute atomic E-state index is 10.6. The Morgan fingerprint density at radius 3 is 2.73 bits per heavy atom. The molecule has 0 radical (unpaired) electrons. The molecule has 0 saturated carbocycles. The first-order chi connectivity index (χ1) is 5.15. The van der Waals surface area contributed by atoms with Gasteiger partial charge in [-0.25, -0.2) is 0 Å². The molecule has 5 heteroatoms. The van der Waals surface area contributed by atoms with Gasteiger partial charge in [-0.05, 0) is 13.5 Å². The first-order valence-corrected chi connectivity index (χ1v) is 4.12. The van der Waals surface area contributed by atoms with Crippen LogP contribution in [0.3, 0.4) is 0 Å². The van der Waals surface area contributed by atoms with Gasteiger partial charge in [-0.3, -0.25) is 14.8 Å². The van der Waals surface area contributed by atoms with Gasteiger partial charge in [-0.2, -0.15) is 0 Å². The molecule has 0 bridgehead atoms. The maximum atomic E-state index is 10.6. The Morgan fingerprint density at radius 1 is 1.82 bits per heavy atom. The number of aliphatic carboxylic acids is 1. The number of likely N-dealkylation sites (tertiary alicyclic amines) is 1. The average molecular weight is 176 g/mol. The van der Waals surface area contributed by atoms with Crippen LogP contribution in [-0.2, 0) is 4.79 Å². The van der Waals surface area contributed by atoms with E-state index in [1.807, 2.05) is 11.9 Å². The third-order valence-corrected chi connectivity index (χ3v) is 2.54. The Bertz CT molecular complexity index is 165. The van der Waals surface area contributed by atoms with Crippen molar-refractivity contribution in [2.24, 2.45) is 0 Å². The average Bonchev–Trinajstić information content (AvgIpc) is 2.30. The zero-order valence-electron chi connectivity index (χ0n) is 6.45. The highest BCUT2D eigenvalue weighted by molar-refractivity contribution is 7.13. The lowest BCUT2D eigenvalue weighted by Gasteiger charge is -2.13. The molecule has 0 aromatic heterocycles. The first kappa shape index (κ1) is 8.91. The van der Waals surface area contributed by atoms with Crippen molar-refractivity contribution < 1.29 is 9.90 Å². The maximum Gasteiger partial charge on any atom is 0.320 e. The van der Waals surface area contributed by atoms with Crippen molar-refractivity contribution in [3.63, 3.8) is 0 Å². The van der Waals surface area contributed by atoms with E-state index in [1.54, 1.807) is 0 Å². The van der Waals surface area contributed by atoms with E-state index in [2.05, 4.69) is 14.5 Å². The van der Waals surface area contributed by atoms with Crippen LogP contribution in [-0.4, -0.2) is 41.7 Å². The van der Waals surface area contributed by atoms with Gasteiger partial charge in [0.1, 0.15) is 6.04 Å². The fourth-order valence-electron chi connectivity index (χ4n) is 1.41. The Labute approximate surface area is 68.2 Å². The molecule has 4 nitrogen and oxygen atoms in total. The van der Waals surface area contributed by atoms with Crippen molar-refractivity contribution in [1.29, 1.82) is 0 Å². The van der Waals surface area contributed by atoms with Crippen LogP contribution in [0.2, 0.25) is 0 Å². The minimum atomic E-state index is -0.727. The smallest absolute Gasteiger partial charge is 0.320 e. The predicted molar refractivity (Wildman–Crippen MR) is 45.3 cm³/mol. The first-order valence-electron chi connectivity index (χ1n) is 3.54. The van der Waals surface area contributed by atoms with Crippen LogP contribution in [0.15, 0.2) is 0 Å². The largest absolute Gasteiger partial charge is 0.480 e. The summed E-state index contributed by atoms with van der Waals surface area (Å²) in [6, 6.07) is -0.0147. The molecule has 0 aromatic rings. The third-order valence-electron chi connectivity index (χ3n) is 2.07. The van der Waals surface area contributed by atoms with Crippen LogP contribution in [0.5, 0.6) is 0 Å². The summed E-state index contributed by atoms with van der Waals surface area (Å²) in [6.45, 7) is 0.806. The van der Waals surface area contributed by atoms with Crippen LogP contribution in [0.4, 0.5) is 0 Å². The van der Waals surface area contributed by atoms with E-state index >= 15 is 0 Å². The summed E-state index contributed by atoms with van der Waals surface area (Å²) in [7, 11) is 4.25. The molecule has 0 amide bonds. The summed E-state index contributed by atoms with van der Waals surface area (Å²) in [5.74, 6) is -0.727. The van der Waals surface area contributed by atoms with Crippen molar-refractivity contribution >= 4 is 15.4 Å². The number of hydrogen-bond acceptors (Lipinski definition) is 3. The Morgan fingerprint density at radius 2 is 2.45 bits per heavy atom. The van der Waals surface area contributed by atoms with E-state index in [4.69, 9.17) is 5.11 Å². The number of carboxylic acids is 1. The van der Waals surface area contributed by atoms with Crippen LogP contribution in [0.1, 0.15) is 6.42 Å². The number of nitrogens with zero attached hydrogens (tertiary/aromatic N) is 1. The molecule has 0 spiro atoms. The van der Waals surface area contributed by atoms with Crippen molar-refractivity contribution in [2.75, 3.05) is 13.6 Å². The van der Waals surface area contributed by atoms with Crippen molar-refractivity contribution in [2.45, 2.75) is 18.5 Å². The molecule has 1 aliphatic heterocycles. The lowest BCUT2D eigenvalue weighted by molar-refractivity contribution is -0.141. The van der Waals surface area contributed by atoms with Crippen LogP contribution < -0.4 is 5.09 Å². The van der Waals surface area contributed by atoms with Gasteiger partial charge in [-0.1, -0.05) is 9.39 Å². The number of carbonyl (C=O) groups is 1. The number of likely N-dealkylation sites (N-methyl/N-ethyl adjacent to an activating group) is 1. The molecule has 1 saturated heterocycles. The van der Waals surface area contributed by atoms with Gasteiger partial charge in [0.15, 0.2) is 0 Å². The molecule has 2 N–H and O–H groups in total. The summed E-state index contributed by atoms with van der Waals surface area (Å²) in [6.07, 6.45) is 0.690. The second-order valence-corrected chi connectivity index (χ2v) is 3.23. The predicted octanol–water partition coefficient (Wildman–Crippen LogP) is -0.477. The Kier molecular flexibility index (Phi) is 2.82. The summed E-state index contributed by atoms with van der Waals surface area (Å²) >= 11 is 0. The molecular weight excluding hydrogens is 163 g/mol. The zero-order valence-corrected chi connectivity index (χ0v) is 7.60. The minimum Gasteiger partial charge on any atom is -0.480 e. The molecule has 1 aliphatic rings. The monoisotopic (exact) mass is 176 g/mol. The number of hydrogen-bond donors (Lipinski definition) is 2. The van der Waals surface area contributed by atoms with Gasteiger partial charge in [0.05, 0.1) is 0 Å². The van der Waals surface area contributed by atoms with Gasteiger partial charge in [0, 0.05) is 12.6 Å². The lowest BCUT2D eigenvalue weighted by Crippen LogP contribution is -2.32. The Balaban J connectivity index is 2.51. The van der Waals surface area contributed by atoms with E-state index < -0.39 is 5.97 Å². The topological polar surface area (TPSA) is 52.6 Å². The van der Waals surface area contributed by atoms with Crippen molar-refractivity contribution in [3.8, 4) is 0 Å². The fraction of sp³-hybridized carbons (Fsp3) is 0.833. The molecule has 64 valence electrons. The molecule has 0 aromatic carbocycles. The van der Waals surface area contributed by atoms with Gasteiger partial charge < -0.3 is 5.11 Å². The van der Waals surface area contributed by atoms with E-state index in [0.717, 1.165) is 6.54 Å². The molecule has 0 aliphatic carbocycles. The van der Waals surface area contributed by atoms with Gasteiger partial charge in [-0.15, -0.1) is 0 Å². The normalized spacial score (nSPS) is 32.5. The van der Waals surface area contributed by atoms with Gasteiger partial charge >= 0.3 is 5.97 Å². The van der Waals surface area contributed by atoms with Crippen molar-refractivity contribution in [3.05, 3.63) is 0 Å². The van der Waals surface area contributed by atoms with Crippen molar-refractivity contribution in [1.82, 2.24) is 9.99 Å². The van der Waals surface area contributed by atoms with Crippen LogP contribution in [0.25, 0.3) is 0 Å². The molecule has 1 heterocycles. The summed E-state index contributed by atoms with van der Waals surface area (Å²) in [4.78, 5) is 12.4. The molecule has 1 fully saturated rings. The summed E-state index contributed by atoms with van der Waals surface area (Å²) < 4.78 is 0. The molecule has 3 atom stereocenters. The standard InChI is InChI=1S/C6H13N2O2P/c1-8-3-4(7-11)2-5(8)6(9)10/h4-5,7H,2-3,11H2,1H3,(H,9,10). The van der Waals surface area contributed by atoms with Crippen LogP contribution in [0, 0.1) is 0 Å². The zero-order chi connectivity index (χ0) is 8.43. The number of rotatable bonds is 2. The van der Waals surface area contributed by atoms with Gasteiger partial charge in [0.25, 0.3) is 0 Å². The highest BCUT2D eigenvalue weighted by atomic mass is 31.0. The quantitative estimate of drug-likeness (QED) is 0.558. The Hall–Kier alpha value is -0.180. The number of nitrogens with one attached hydrogen (secondary N) is 1. The molecule has 1 rings (SSSR count). The fourth-order valence-corrected chi connectivity index (χ4v) is 1.65. The highest BCUT2D eigenvalue weighted by Crippen LogP contribution is 2.16. The second-order valence-electron chi connectivity index (χ2n) is 2.89. The third kappa shape index (κ3) is 1.89. The number of carboxylic acid groups (broad SMARTS) is 1. The molecular formula is C6H13N2O2P. The van der Waals surface area contributed by atoms with E-state index in [9.17, 15) is 4.79 Å². The van der Waals surface area contributed by atoms with E-state index in [-0.39, 0.29) is 6.04 Å². The van der Waals surface area contributed by atoms with E-state index in [1.165, 1.54) is 0 Å². The summed E-state index contributed by atoms with van der Waals surface area (Å²) in [5.41, 5.74) is 0. The highest BCUT2D eigenvalue weighted by Gasteiger charge is 2.33.